The molecule has 2 rings (SSSR count). The first-order chi connectivity index (χ1) is 11.4. The fourth-order valence-electron chi connectivity index (χ4n) is 1.89. The van der Waals surface area contributed by atoms with Gasteiger partial charge in [-0.1, -0.05) is 0 Å². The molecule has 1 aromatic carbocycles. The number of carbonyl (C=O) groups excluding carboxylic acids is 3. The molecule has 126 valence electrons. The first-order valence-corrected chi connectivity index (χ1v) is 7.06. The van der Waals surface area contributed by atoms with E-state index in [0.29, 0.717) is 17.0 Å². The number of aromatic nitrogens is 2. The van der Waals surface area contributed by atoms with Crippen molar-refractivity contribution in [1.82, 2.24) is 15.1 Å². The molecule has 0 saturated carbocycles. The van der Waals surface area contributed by atoms with Crippen LogP contribution in [0.3, 0.4) is 0 Å². The first kappa shape index (κ1) is 17.2. The lowest BCUT2D eigenvalue weighted by Gasteiger charge is -2.06. The molecule has 2 amide bonds. The fourth-order valence-corrected chi connectivity index (χ4v) is 1.89. The minimum Gasteiger partial charge on any atom is -0.497 e. The molecule has 1 N–H and O–H groups in total. The Labute approximate surface area is 138 Å². The molecule has 1 heterocycles. The molecule has 0 aliphatic rings. The number of rotatable bonds is 5. The van der Waals surface area contributed by atoms with Gasteiger partial charge >= 0.3 is 5.97 Å². The number of amides is 2. The van der Waals surface area contributed by atoms with E-state index in [4.69, 9.17) is 9.47 Å². The quantitative estimate of drug-likeness (QED) is 0.816. The van der Waals surface area contributed by atoms with E-state index in [1.807, 2.05) is 0 Å². The largest absolute Gasteiger partial charge is 0.497 e. The average molecular weight is 331 g/mol. The number of methoxy groups -OCH3 is 1. The van der Waals surface area contributed by atoms with Gasteiger partial charge in [-0.3, -0.25) is 19.6 Å². The molecule has 0 spiro atoms. The van der Waals surface area contributed by atoms with Crippen LogP contribution in [0.15, 0.2) is 30.5 Å². The second-order valence-electron chi connectivity index (χ2n) is 4.95. The SMILES string of the molecule is COc1ccc(C(=O)NC(=O)COC(=O)c2cnn(C)c2C)cc1. The van der Waals surface area contributed by atoms with Crippen molar-refractivity contribution in [1.29, 1.82) is 0 Å². The van der Waals surface area contributed by atoms with Crippen LogP contribution in [0.25, 0.3) is 0 Å². The predicted octanol–water partition coefficient (Wildman–Crippen LogP) is 0.851. The molecule has 0 radical (unpaired) electrons. The van der Waals surface area contributed by atoms with E-state index in [1.165, 1.54) is 30.1 Å². The zero-order valence-electron chi connectivity index (χ0n) is 13.5. The van der Waals surface area contributed by atoms with Crippen molar-refractivity contribution in [3.8, 4) is 5.75 Å². The molecule has 0 aliphatic carbocycles. The van der Waals surface area contributed by atoms with Crippen LogP contribution >= 0.6 is 0 Å². The van der Waals surface area contributed by atoms with Crippen LogP contribution in [0, 0.1) is 6.92 Å². The monoisotopic (exact) mass is 331 g/mol. The molecule has 1 aromatic heterocycles. The van der Waals surface area contributed by atoms with Gasteiger partial charge in [-0.25, -0.2) is 4.79 Å². The summed E-state index contributed by atoms with van der Waals surface area (Å²) < 4.78 is 11.4. The topological polar surface area (TPSA) is 99.5 Å². The Morgan fingerprint density at radius 2 is 1.88 bits per heavy atom. The molecule has 2 aromatic rings. The summed E-state index contributed by atoms with van der Waals surface area (Å²) in [5, 5.41) is 6.06. The fraction of sp³-hybridized carbons (Fsp3) is 0.250. The number of carbonyl (C=O) groups is 3. The summed E-state index contributed by atoms with van der Waals surface area (Å²) in [6.07, 6.45) is 1.36. The van der Waals surface area contributed by atoms with E-state index in [2.05, 4.69) is 10.4 Å². The van der Waals surface area contributed by atoms with Crippen molar-refractivity contribution >= 4 is 17.8 Å². The van der Waals surface area contributed by atoms with Gasteiger partial charge in [0.15, 0.2) is 6.61 Å². The third-order valence-corrected chi connectivity index (χ3v) is 3.39. The van der Waals surface area contributed by atoms with Crippen LogP contribution in [0.1, 0.15) is 26.4 Å². The first-order valence-electron chi connectivity index (χ1n) is 7.06. The minimum absolute atomic E-state index is 0.270. The Balaban J connectivity index is 1.87. The van der Waals surface area contributed by atoms with Crippen LogP contribution in [0.2, 0.25) is 0 Å². The van der Waals surface area contributed by atoms with Crippen LogP contribution in [0.4, 0.5) is 0 Å². The molecule has 0 saturated heterocycles. The number of hydrogen-bond acceptors (Lipinski definition) is 6. The lowest BCUT2D eigenvalue weighted by molar-refractivity contribution is -0.123. The zero-order chi connectivity index (χ0) is 17.7. The zero-order valence-corrected chi connectivity index (χ0v) is 13.5. The smallest absolute Gasteiger partial charge is 0.342 e. The van der Waals surface area contributed by atoms with Crippen molar-refractivity contribution in [2.24, 2.45) is 7.05 Å². The van der Waals surface area contributed by atoms with Crippen LogP contribution in [-0.2, 0) is 16.6 Å². The van der Waals surface area contributed by atoms with E-state index in [1.54, 1.807) is 26.1 Å². The molecular formula is C16H17N3O5. The maximum Gasteiger partial charge on any atom is 0.342 e. The molecule has 0 fully saturated rings. The van der Waals surface area contributed by atoms with Crippen molar-refractivity contribution in [2.45, 2.75) is 6.92 Å². The highest BCUT2D eigenvalue weighted by molar-refractivity contribution is 6.05. The van der Waals surface area contributed by atoms with Gasteiger partial charge in [-0.15, -0.1) is 0 Å². The van der Waals surface area contributed by atoms with Gasteiger partial charge < -0.3 is 9.47 Å². The number of esters is 1. The normalized spacial score (nSPS) is 10.1. The van der Waals surface area contributed by atoms with E-state index >= 15 is 0 Å². The maximum atomic E-state index is 11.9. The maximum absolute atomic E-state index is 11.9. The van der Waals surface area contributed by atoms with Crippen molar-refractivity contribution in [2.75, 3.05) is 13.7 Å². The molecular weight excluding hydrogens is 314 g/mol. The van der Waals surface area contributed by atoms with E-state index < -0.39 is 24.4 Å². The summed E-state index contributed by atoms with van der Waals surface area (Å²) in [6.45, 7) is 1.14. The number of ether oxygens (including phenoxy) is 2. The van der Waals surface area contributed by atoms with Crippen molar-refractivity contribution in [3.05, 3.63) is 47.3 Å². The van der Waals surface area contributed by atoms with Gasteiger partial charge in [0.2, 0.25) is 0 Å². The summed E-state index contributed by atoms with van der Waals surface area (Å²) in [6, 6.07) is 6.24. The van der Waals surface area contributed by atoms with Crippen LogP contribution in [0.5, 0.6) is 5.75 Å². The highest BCUT2D eigenvalue weighted by atomic mass is 16.5. The van der Waals surface area contributed by atoms with Crippen LogP contribution < -0.4 is 10.1 Å². The van der Waals surface area contributed by atoms with Crippen molar-refractivity contribution in [3.63, 3.8) is 0 Å². The Hall–Kier alpha value is -3.16. The Morgan fingerprint density at radius 3 is 2.42 bits per heavy atom. The molecule has 8 heteroatoms. The molecule has 0 bridgehead atoms. The second kappa shape index (κ2) is 7.40. The lowest BCUT2D eigenvalue weighted by Crippen LogP contribution is -2.34. The molecule has 0 atom stereocenters. The highest BCUT2D eigenvalue weighted by Gasteiger charge is 2.17. The van der Waals surface area contributed by atoms with Gasteiger partial charge in [0, 0.05) is 18.3 Å². The second-order valence-corrected chi connectivity index (χ2v) is 4.95. The molecule has 8 nitrogen and oxygen atoms in total. The molecule has 0 aliphatic heterocycles. The van der Waals surface area contributed by atoms with E-state index in [0.717, 1.165) is 0 Å². The highest BCUT2D eigenvalue weighted by Crippen LogP contribution is 2.11. The van der Waals surface area contributed by atoms with Gasteiger partial charge in [0.05, 0.1) is 13.3 Å². The Bertz CT molecular complexity index is 765. The number of nitrogens with zero attached hydrogens (tertiary/aromatic N) is 2. The molecule has 24 heavy (non-hydrogen) atoms. The van der Waals surface area contributed by atoms with E-state index in [-0.39, 0.29) is 5.56 Å². The number of imide groups is 1. The number of nitrogens with one attached hydrogen (secondary N) is 1. The number of aryl methyl sites for hydroxylation is 1. The predicted molar refractivity (Wildman–Crippen MR) is 83.7 cm³/mol. The van der Waals surface area contributed by atoms with E-state index in [9.17, 15) is 14.4 Å². The third kappa shape index (κ3) is 3.97. The summed E-state index contributed by atoms with van der Waals surface area (Å²) in [4.78, 5) is 35.5. The van der Waals surface area contributed by atoms with Crippen LogP contribution in [-0.4, -0.2) is 41.3 Å². The average Bonchev–Trinajstić information content (AvgIpc) is 2.92. The van der Waals surface area contributed by atoms with Gasteiger partial charge in [-0.2, -0.15) is 5.10 Å². The Kier molecular flexibility index (Phi) is 5.31. The summed E-state index contributed by atoms with van der Waals surface area (Å²) in [5.74, 6) is -1.38. The van der Waals surface area contributed by atoms with Crippen molar-refractivity contribution < 1.29 is 23.9 Å². The summed E-state index contributed by atoms with van der Waals surface area (Å²) >= 11 is 0. The number of benzene rings is 1. The van der Waals surface area contributed by atoms with Gasteiger partial charge in [0.1, 0.15) is 11.3 Å². The standard InChI is InChI=1S/C16H17N3O5/c1-10-13(8-17-19(10)2)16(22)24-9-14(20)18-15(21)11-4-6-12(23-3)7-5-11/h4-8H,9H2,1-3H3,(H,18,20,21). The molecule has 0 unspecified atom stereocenters. The summed E-state index contributed by atoms with van der Waals surface area (Å²) in [7, 11) is 3.20. The number of hydrogen-bond donors (Lipinski definition) is 1. The van der Waals surface area contributed by atoms with Gasteiger partial charge in [0.25, 0.3) is 11.8 Å². The lowest BCUT2D eigenvalue weighted by atomic mass is 10.2. The van der Waals surface area contributed by atoms with Gasteiger partial charge in [-0.05, 0) is 31.2 Å². The minimum atomic E-state index is -0.717. The summed E-state index contributed by atoms with van der Waals surface area (Å²) in [5.41, 5.74) is 1.18. The Morgan fingerprint density at radius 1 is 1.21 bits per heavy atom. The third-order valence-electron chi connectivity index (χ3n) is 3.39.